The fraction of sp³-hybridized carbons (Fsp3) is 0.429. The van der Waals surface area contributed by atoms with Crippen molar-refractivity contribution in [1.82, 2.24) is 14.9 Å². The minimum absolute atomic E-state index is 0.758. The Balaban J connectivity index is 1.75. The summed E-state index contributed by atoms with van der Waals surface area (Å²) in [5.41, 5.74) is 2.21. The minimum Gasteiger partial charge on any atom is -0.306 e. The summed E-state index contributed by atoms with van der Waals surface area (Å²) in [6, 6.07) is 6.27. The number of pyridine rings is 1. The van der Waals surface area contributed by atoms with Crippen LogP contribution < -0.4 is 0 Å². The van der Waals surface area contributed by atoms with Crippen molar-refractivity contribution < 1.29 is 0 Å². The maximum atomic E-state index is 4.73. The summed E-state index contributed by atoms with van der Waals surface area (Å²) in [5, 5.41) is 3.01. The molecule has 0 aromatic carbocycles. The van der Waals surface area contributed by atoms with Crippen LogP contribution in [0.2, 0.25) is 0 Å². The normalized spacial score (nSPS) is 20.4. The predicted octanol–water partition coefficient (Wildman–Crippen LogP) is 2.70. The lowest BCUT2D eigenvalue weighted by Gasteiger charge is -2.10. The summed E-state index contributed by atoms with van der Waals surface area (Å²) >= 11 is 1.65. The molecule has 2 aromatic rings. The Labute approximate surface area is 112 Å². The highest BCUT2D eigenvalue weighted by atomic mass is 32.1. The predicted molar refractivity (Wildman–Crippen MR) is 74.7 cm³/mol. The molecule has 0 N–H and O–H groups in total. The SMILES string of the molecule is CN1CCC(Cc2cccc(-c3nccs3)n2)C1. The van der Waals surface area contributed by atoms with Gasteiger partial charge >= 0.3 is 0 Å². The number of likely N-dealkylation sites (tertiary alicyclic amines) is 1. The highest BCUT2D eigenvalue weighted by Gasteiger charge is 2.20. The van der Waals surface area contributed by atoms with E-state index in [1.165, 1.54) is 25.2 Å². The number of aromatic nitrogens is 2. The van der Waals surface area contributed by atoms with Gasteiger partial charge < -0.3 is 4.90 Å². The van der Waals surface area contributed by atoms with Crippen LogP contribution in [-0.4, -0.2) is 35.0 Å². The van der Waals surface area contributed by atoms with Crippen molar-refractivity contribution in [3.05, 3.63) is 35.5 Å². The molecule has 94 valence electrons. The van der Waals surface area contributed by atoms with Crippen LogP contribution in [0.5, 0.6) is 0 Å². The Morgan fingerprint density at radius 3 is 3.11 bits per heavy atom. The van der Waals surface area contributed by atoms with Gasteiger partial charge in [-0.05, 0) is 44.5 Å². The molecule has 1 aliphatic rings. The van der Waals surface area contributed by atoms with Gasteiger partial charge in [-0.25, -0.2) is 4.98 Å². The summed E-state index contributed by atoms with van der Waals surface area (Å²) in [6.45, 7) is 2.42. The Hall–Kier alpha value is -1.26. The molecule has 1 unspecified atom stereocenters. The van der Waals surface area contributed by atoms with Gasteiger partial charge in [-0.2, -0.15) is 0 Å². The van der Waals surface area contributed by atoms with E-state index in [-0.39, 0.29) is 0 Å². The standard InChI is InChI=1S/C14H17N3S/c1-17-7-5-11(10-17)9-12-3-2-4-13(16-12)14-15-6-8-18-14/h2-4,6,8,11H,5,7,9-10H2,1H3. The van der Waals surface area contributed by atoms with Crippen molar-refractivity contribution in [3.8, 4) is 10.7 Å². The average molecular weight is 259 g/mol. The van der Waals surface area contributed by atoms with Crippen LogP contribution >= 0.6 is 11.3 Å². The number of rotatable bonds is 3. The van der Waals surface area contributed by atoms with Gasteiger partial charge in [-0.3, -0.25) is 4.98 Å². The second-order valence-electron chi connectivity index (χ2n) is 4.97. The second kappa shape index (κ2) is 5.16. The molecule has 18 heavy (non-hydrogen) atoms. The summed E-state index contributed by atoms with van der Waals surface area (Å²) in [5.74, 6) is 0.758. The van der Waals surface area contributed by atoms with E-state index in [9.17, 15) is 0 Å². The maximum absolute atomic E-state index is 4.73. The zero-order chi connectivity index (χ0) is 12.4. The molecule has 1 aliphatic heterocycles. The fourth-order valence-electron chi connectivity index (χ4n) is 2.55. The van der Waals surface area contributed by atoms with Crippen LogP contribution in [0.3, 0.4) is 0 Å². The zero-order valence-corrected chi connectivity index (χ0v) is 11.4. The van der Waals surface area contributed by atoms with Gasteiger partial charge in [-0.1, -0.05) is 6.07 Å². The van der Waals surface area contributed by atoms with E-state index in [1.54, 1.807) is 11.3 Å². The third-order valence-electron chi connectivity index (χ3n) is 3.44. The molecule has 1 saturated heterocycles. The molecule has 0 spiro atoms. The molecular formula is C14H17N3S. The number of nitrogens with zero attached hydrogens (tertiary/aromatic N) is 3. The Kier molecular flexibility index (Phi) is 3.39. The van der Waals surface area contributed by atoms with E-state index in [0.717, 1.165) is 23.0 Å². The lowest BCUT2D eigenvalue weighted by Crippen LogP contribution is -2.15. The van der Waals surface area contributed by atoms with Crippen molar-refractivity contribution in [1.29, 1.82) is 0 Å². The van der Waals surface area contributed by atoms with Crippen molar-refractivity contribution in [2.45, 2.75) is 12.8 Å². The van der Waals surface area contributed by atoms with Crippen LogP contribution in [0, 0.1) is 5.92 Å². The zero-order valence-electron chi connectivity index (χ0n) is 10.5. The molecule has 3 nitrogen and oxygen atoms in total. The molecule has 1 atom stereocenters. The van der Waals surface area contributed by atoms with E-state index in [0.29, 0.717) is 0 Å². The van der Waals surface area contributed by atoms with Gasteiger partial charge in [0.1, 0.15) is 5.01 Å². The first-order valence-corrected chi connectivity index (χ1v) is 7.23. The third kappa shape index (κ3) is 2.60. The minimum atomic E-state index is 0.758. The van der Waals surface area contributed by atoms with Gasteiger partial charge in [-0.15, -0.1) is 11.3 Å². The molecule has 3 heterocycles. The van der Waals surface area contributed by atoms with Crippen LogP contribution in [-0.2, 0) is 6.42 Å². The first-order valence-electron chi connectivity index (χ1n) is 6.35. The first-order chi connectivity index (χ1) is 8.81. The topological polar surface area (TPSA) is 29.0 Å². The quantitative estimate of drug-likeness (QED) is 0.848. The second-order valence-corrected chi connectivity index (χ2v) is 5.87. The number of thiazole rings is 1. The third-order valence-corrected chi connectivity index (χ3v) is 4.24. The largest absolute Gasteiger partial charge is 0.306 e. The van der Waals surface area contributed by atoms with E-state index in [2.05, 4.69) is 29.1 Å². The molecule has 0 aliphatic carbocycles. The maximum Gasteiger partial charge on any atom is 0.141 e. The van der Waals surface area contributed by atoms with Gasteiger partial charge in [0, 0.05) is 23.8 Å². The molecule has 0 amide bonds. The molecule has 2 aromatic heterocycles. The van der Waals surface area contributed by atoms with Crippen molar-refractivity contribution >= 4 is 11.3 Å². The smallest absolute Gasteiger partial charge is 0.141 e. The number of hydrogen-bond donors (Lipinski definition) is 0. The monoisotopic (exact) mass is 259 g/mol. The summed E-state index contributed by atoms with van der Waals surface area (Å²) in [7, 11) is 2.19. The van der Waals surface area contributed by atoms with Gasteiger partial charge in [0.25, 0.3) is 0 Å². The van der Waals surface area contributed by atoms with Crippen LogP contribution in [0.4, 0.5) is 0 Å². The highest BCUT2D eigenvalue weighted by molar-refractivity contribution is 7.13. The highest BCUT2D eigenvalue weighted by Crippen LogP contribution is 2.22. The molecule has 3 rings (SSSR count). The Morgan fingerprint density at radius 1 is 1.44 bits per heavy atom. The lowest BCUT2D eigenvalue weighted by atomic mass is 10.0. The summed E-state index contributed by atoms with van der Waals surface area (Å²) < 4.78 is 0. The summed E-state index contributed by atoms with van der Waals surface area (Å²) in [6.07, 6.45) is 4.21. The molecule has 0 radical (unpaired) electrons. The van der Waals surface area contributed by atoms with E-state index >= 15 is 0 Å². The summed E-state index contributed by atoms with van der Waals surface area (Å²) in [4.78, 5) is 11.5. The van der Waals surface area contributed by atoms with E-state index < -0.39 is 0 Å². The Bertz CT molecular complexity index is 510. The van der Waals surface area contributed by atoms with Crippen LogP contribution in [0.25, 0.3) is 10.7 Å². The van der Waals surface area contributed by atoms with E-state index in [4.69, 9.17) is 4.98 Å². The first kappa shape index (κ1) is 11.8. The average Bonchev–Trinajstić information content (AvgIpc) is 3.01. The van der Waals surface area contributed by atoms with Gasteiger partial charge in [0.15, 0.2) is 0 Å². The molecule has 4 heteroatoms. The fourth-order valence-corrected chi connectivity index (χ4v) is 3.16. The van der Waals surface area contributed by atoms with Crippen LogP contribution in [0.1, 0.15) is 12.1 Å². The number of hydrogen-bond acceptors (Lipinski definition) is 4. The Morgan fingerprint density at radius 2 is 2.39 bits per heavy atom. The lowest BCUT2D eigenvalue weighted by molar-refractivity contribution is 0.393. The molecule has 1 fully saturated rings. The molecule has 0 bridgehead atoms. The van der Waals surface area contributed by atoms with Gasteiger partial charge in [0.2, 0.25) is 0 Å². The van der Waals surface area contributed by atoms with Crippen LogP contribution in [0.15, 0.2) is 29.8 Å². The molecular weight excluding hydrogens is 242 g/mol. The molecule has 0 saturated carbocycles. The van der Waals surface area contributed by atoms with Crippen molar-refractivity contribution in [2.24, 2.45) is 5.92 Å². The van der Waals surface area contributed by atoms with E-state index in [1.807, 2.05) is 17.6 Å². The van der Waals surface area contributed by atoms with Crippen molar-refractivity contribution in [3.63, 3.8) is 0 Å². The van der Waals surface area contributed by atoms with Crippen molar-refractivity contribution in [2.75, 3.05) is 20.1 Å². The van der Waals surface area contributed by atoms with Gasteiger partial charge in [0.05, 0.1) is 5.69 Å².